The first-order chi connectivity index (χ1) is 7.74. The molecule has 3 aliphatic rings. The molecular formula is C11H14N2O3. The Morgan fingerprint density at radius 3 is 2.56 bits per heavy atom. The summed E-state index contributed by atoms with van der Waals surface area (Å²) < 4.78 is 5.08. The molecule has 0 radical (unpaired) electrons. The quantitative estimate of drug-likeness (QED) is 0.828. The first-order valence-electron chi connectivity index (χ1n) is 5.81. The monoisotopic (exact) mass is 222 g/mol. The summed E-state index contributed by atoms with van der Waals surface area (Å²) in [7, 11) is 0. The van der Waals surface area contributed by atoms with E-state index in [1.54, 1.807) is 0 Å². The smallest absolute Gasteiger partial charge is 0.377 e. The van der Waals surface area contributed by atoms with Gasteiger partial charge in [-0.1, -0.05) is 12.8 Å². The van der Waals surface area contributed by atoms with Gasteiger partial charge in [0.15, 0.2) is 0 Å². The van der Waals surface area contributed by atoms with Gasteiger partial charge in [-0.15, -0.1) is 0 Å². The van der Waals surface area contributed by atoms with Gasteiger partial charge in [-0.05, 0) is 36.3 Å². The zero-order valence-corrected chi connectivity index (χ0v) is 8.93. The summed E-state index contributed by atoms with van der Waals surface area (Å²) in [6.07, 6.45) is 6.15. The Labute approximate surface area is 92.8 Å². The van der Waals surface area contributed by atoms with Gasteiger partial charge < -0.3 is 9.63 Å². The summed E-state index contributed by atoms with van der Waals surface area (Å²) in [4.78, 5) is 14.6. The third-order valence-corrected chi connectivity index (χ3v) is 4.00. The van der Waals surface area contributed by atoms with Gasteiger partial charge in [-0.2, -0.15) is 4.98 Å². The van der Waals surface area contributed by atoms with Crippen molar-refractivity contribution < 1.29 is 14.4 Å². The summed E-state index contributed by atoms with van der Waals surface area (Å²) in [6.45, 7) is 0. The van der Waals surface area contributed by atoms with E-state index >= 15 is 0 Å². The predicted octanol–water partition coefficient (Wildman–Crippen LogP) is 2.06. The molecule has 1 unspecified atom stereocenters. The molecule has 0 aromatic carbocycles. The van der Waals surface area contributed by atoms with Gasteiger partial charge in [-0.3, -0.25) is 0 Å². The first-order valence-corrected chi connectivity index (χ1v) is 5.81. The van der Waals surface area contributed by atoms with Crippen LogP contribution >= 0.6 is 0 Å². The lowest BCUT2D eigenvalue weighted by Crippen LogP contribution is -2.29. The summed E-state index contributed by atoms with van der Waals surface area (Å²) >= 11 is 0. The number of hydrogen-bond donors (Lipinski definition) is 1. The molecule has 0 amide bonds. The number of fused-ring (bicyclic) bond motifs is 3. The highest BCUT2D eigenvalue weighted by atomic mass is 16.5. The molecule has 1 N–H and O–H groups in total. The molecule has 0 spiro atoms. The number of rotatable bonds is 2. The fourth-order valence-electron chi connectivity index (χ4n) is 3.15. The Bertz CT molecular complexity index is 407. The molecular weight excluding hydrogens is 208 g/mol. The van der Waals surface area contributed by atoms with Crippen LogP contribution in [0.25, 0.3) is 0 Å². The third-order valence-electron chi connectivity index (χ3n) is 4.00. The van der Waals surface area contributed by atoms with Crippen molar-refractivity contribution in [3.63, 3.8) is 0 Å². The Kier molecular flexibility index (Phi) is 2.19. The maximum absolute atomic E-state index is 10.7. The van der Waals surface area contributed by atoms with Gasteiger partial charge in [0.05, 0.1) is 0 Å². The van der Waals surface area contributed by atoms with E-state index < -0.39 is 5.97 Å². The van der Waals surface area contributed by atoms with Crippen molar-refractivity contribution in [3.8, 4) is 0 Å². The highest BCUT2D eigenvalue weighted by Gasteiger charge is 2.39. The molecule has 3 aliphatic carbocycles. The van der Waals surface area contributed by atoms with Crippen LogP contribution in [0.2, 0.25) is 0 Å². The average Bonchev–Trinajstić information content (AvgIpc) is 2.80. The molecule has 0 saturated heterocycles. The van der Waals surface area contributed by atoms with E-state index in [0.29, 0.717) is 17.7 Å². The molecule has 86 valence electrons. The summed E-state index contributed by atoms with van der Waals surface area (Å²) in [5.74, 6) is 0.898. The molecule has 5 heteroatoms. The number of aromatic carboxylic acids is 1. The van der Waals surface area contributed by atoms with Crippen molar-refractivity contribution in [2.45, 2.75) is 38.0 Å². The lowest BCUT2D eigenvalue weighted by Gasteiger charge is -2.40. The van der Waals surface area contributed by atoms with Crippen LogP contribution < -0.4 is 0 Å². The number of nitrogens with zero attached hydrogens (tertiary/aromatic N) is 2. The van der Waals surface area contributed by atoms with Crippen LogP contribution in [0.4, 0.5) is 0 Å². The molecule has 1 atom stereocenters. The zero-order chi connectivity index (χ0) is 11.1. The Hall–Kier alpha value is -1.39. The van der Waals surface area contributed by atoms with E-state index in [9.17, 15) is 4.79 Å². The van der Waals surface area contributed by atoms with Crippen LogP contribution in [-0.4, -0.2) is 21.2 Å². The second-order valence-electron chi connectivity index (χ2n) is 4.88. The van der Waals surface area contributed by atoms with Crippen molar-refractivity contribution in [2.75, 3.05) is 0 Å². The summed E-state index contributed by atoms with van der Waals surface area (Å²) in [6, 6.07) is 0. The molecule has 3 fully saturated rings. The summed E-state index contributed by atoms with van der Waals surface area (Å²) in [5, 5.41) is 12.2. The molecule has 2 bridgehead atoms. The normalized spacial score (nSPS) is 32.9. The van der Waals surface area contributed by atoms with Crippen LogP contribution in [0.3, 0.4) is 0 Å². The van der Waals surface area contributed by atoms with E-state index in [2.05, 4.69) is 10.1 Å². The second kappa shape index (κ2) is 3.57. The highest BCUT2D eigenvalue weighted by molar-refractivity contribution is 5.82. The van der Waals surface area contributed by atoms with Crippen molar-refractivity contribution in [3.05, 3.63) is 11.7 Å². The fourth-order valence-corrected chi connectivity index (χ4v) is 3.15. The zero-order valence-electron chi connectivity index (χ0n) is 8.93. The van der Waals surface area contributed by atoms with Crippen LogP contribution in [0, 0.1) is 11.8 Å². The molecule has 1 heterocycles. The maximum atomic E-state index is 10.7. The van der Waals surface area contributed by atoms with Gasteiger partial charge in [0.25, 0.3) is 5.82 Å². The first kappa shape index (κ1) is 9.81. The largest absolute Gasteiger partial charge is 0.475 e. The molecule has 16 heavy (non-hydrogen) atoms. The van der Waals surface area contributed by atoms with Crippen molar-refractivity contribution in [1.29, 1.82) is 0 Å². The Morgan fingerprint density at radius 2 is 2.06 bits per heavy atom. The second-order valence-corrected chi connectivity index (χ2v) is 4.88. The van der Waals surface area contributed by atoms with E-state index in [-0.39, 0.29) is 5.82 Å². The standard InChI is InChI=1S/C11H14N2O3/c14-11(15)9-12-10(16-13-9)8-5-6-1-3-7(8)4-2-6/h6-8H,1-5H2,(H,14,15). The number of carbonyl (C=O) groups is 1. The van der Waals surface area contributed by atoms with Gasteiger partial charge in [0, 0.05) is 5.92 Å². The lowest BCUT2D eigenvalue weighted by molar-refractivity contribution is 0.0680. The van der Waals surface area contributed by atoms with Gasteiger partial charge in [0.2, 0.25) is 5.89 Å². The van der Waals surface area contributed by atoms with Gasteiger partial charge in [0.1, 0.15) is 0 Å². The van der Waals surface area contributed by atoms with Crippen LogP contribution in [-0.2, 0) is 0 Å². The Balaban J connectivity index is 1.83. The fraction of sp³-hybridized carbons (Fsp3) is 0.727. The van der Waals surface area contributed by atoms with Crippen molar-refractivity contribution in [2.24, 2.45) is 11.8 Å². The lowest BCUT2D eigenvalue weighted by atomic mass is 9.65. The summed E-state index contributed by atoms with van der Waals surface area (Å²) in [5.41, 5.74) is 0. The molecule has 3 saturated carbocycles. The molecule has 0 aliphatic heterocycles. The van der Waals surface area contributed by atoms with Crippen molar-refractivity contribution >= 4 is 5.97 Å². The number of carboxylic acids is 1. The van der Waals surface area contributed by atoms with Crippen molar-refractivity contribution in [1.82, 2.24) is 10.1 Å². The highest BCUT2D eigenvalue weighted by Crippen LogP contribution is 2.49. The minimum absolute atomic E-state index is 0.212. The van der Waals surface area contributed by atoms with E-state index in [1.807, 2.05) is 0 Å². The molecule has 5 nitrogen and oxygen atoms in total. The van der Waals surface area contributed by atoms with E-state index in [1.165, 1.54) is 25.7 Å². The number of carboxylic acid groups (broad SMARTS) is 1. The van der Waals surface area contributed by atoms with E-state index in [0.717, 1.165) is 12.3 Å². The predicted molar refractivity (Wildman–Crippen MR) is 54.1 cm³/mol. The minimum Gasteiger partial charge on any atom is -0.475 e. The number of hydrogen-bond acceptors (Lipinski definition) is 4. The average molecular weight is 222 g/mol. The van der Waals surface area contributed by atoms with Crippen LogP contribution in [0.5, 0.6) is 0 Å². The van der Waals surface area contributed by atoms with Gasteiger partial charge in [-0.25, -0.2) is 4.79 Å². The Morgan fingerprint density at radius 1 is 1.31 bits per heavy atom. The molecule has 4 rings (SSSR count). The van der Waals surface area contributed by atoms with Gasteiger partial charge >= 0.3 is 5.97 Å². The van der Waals surface area contributed by atoms with Crippen LogP contribution in [0.15, 0.2) is 4.52 Å². The number of aromatic nitrogens is 2. The van der Waals surface area contributed by atoms with E-state index in [4.69, 9.17) is 9.63 Å². The third kappa shape index (κ3) is 1.50. The molecule has 1 aromatic rings. The SMILES string of the molecule is O=C(O)c1noc(C2CC3CCC2CC3)n1. The minimum atomic E-state index is -1.11. The topological polar surface area (TPSA) is 76.2 Å². The molecule has 1 aromatic heterocycles. The van der Waals surface area contributed by atoms with Crippen LogP contribution in [0.1, 0.15) is 54.5 Å². The maximum Gasteiger partial charge on any atom is 0.377 e.